The van der Waals surface area contributed by atoms with Crippen LogP contribution in [0, 0.1) is 0 Å². The van der Waals surface area contributed by atoms with Crippen molar-refractivity contribution in [2.75, 3.05) is 19.8 Å². The van der Waals surface area contributed by atoms with Gasteiger partial charge in [-0.15, -0.1) is 0 Å². The van der Waals surface area contributed by atoms with E-state index in [1.807, 2.05) is 31.2 Å². The van der Waals surface area contributed by atoms with E-state index in [2.05, 4.69) is 22.8 Å². The molecular formula is C25H30N2O4. The second-order valence-electron chi connectivity index (χ2n) is 8.57. The highest BCUT2D eigenvalue weighted by molar-refractivity contribution is 5.94. The molecule has 2 N–H and O–H groups in total. The molecule has 164 valence electrons. The highest BCUT2D eigenvalue weighted by Gasteiger charge is 2.37. The Morgan fingerprint density at radius 2 is 1.71 bits per heavy atom. The van der Waals surface area contributed by atoms with Crippen molar-refractivity contribution >= 4 is 11.8 Å². The first kappa shape index (κ1) is 21.2. The summed E-state index contributed by atoms with van der Waals surface area (Å²) in [5.74, 6) is 1.36. The number of hydrogen-bond acceptors (Lipinski definition) is 4. The van der Waals surface area contributed by atoms with Crippen molar-refractivity contribution in [3.63, 3.8) is 0 Å². The number of ether oxygens (including phenoxy) is 2. The third kappa shape index (κ3) is 5.01. The molecule has 6 heteroatoms. The van der Waals surface area contributed by atoms with Crippen molar-refractivity contribution in [1.29, 1.82) is 0 Å². The Labute approximate surface area is 183 Å². The maximum Gasteiger partial charge on any atom is 0.251 e. The van der Waals surface area contributed by atoms with Crippen LogP contribution >= 0.6 is 0 Å². The molecule has 2 aromatic carbocycles. The van der Waals surface area contributed by atoms with Gasteiger partial charge in [0.05, 0.1) is 0 Å². The zero-order valence-electron chi connectivity index (χ0n) is 18.0. The first-order valence-electron chi connectivity index (χ1n) is 11.1. The molecule has 0 radical (unpaired) electrons. The third-order valence-corrected chi connectivity index (χ3v) is 6.24. The standard InChI is InChI=1S/C25H30N2O4/c1-18(27-24(29)19-7-3-2-4-8-19)15-23(28)26-17-25(11-5-6-12-25)20-9-10-21-22(16-20)31-14-13-30-21/h2-4,7-10,16,18H,5-6,11-15,17H2,1H3,(H,26,28)(H,27,29). The number of benzene rings is 2. The van der Waals surface area contributed by atoms with Crippen molar-refractivity contribution in [3.05, 3.63) is 59.7 Å². The molecule has 1 aliphatic heterocycles. The second kappa shape index (κ2) is 9.41. The second-order valence-corrected chi connectivity index (χ2v) is 8.57. The monoisotopic (exact) mass is 422 g/mol. The zero-order valence-corrected chi connectivity index (χ0v) is 18.0. The molecule has 1 heterocycles. The van der Waals surface area contributed by atoms with E-state index in [0.717, 1.165) is 37.2 Å². The van der Waals surface area contributed by atoms with Crippen LogP contribution in [-0.2, 0) is 10.2 Å². The van der Waals surface area contributed by atoms with Crippen LogP contribution < -0.4 is 20.1 Å². The summed E-state index contributed by atoms with van der Waals surface area (Å²) < 4.78 is 11.4. The van der Waals surface area contributed by atoms with E-state index in [0.29, 0.717) is 25.3 Å². The van der Waals surface area contributed by atoms with Gasteiger partial charge in [-0.1, -0.05) is 37.1 Å². The Kier molecular flexibility index (Phi) is 6.44. The van der Waals surface area contributed by atoms with Gasteiger partial charge in [0.2, 0.25) is 5.91 Å². The highest BCUT2D eigenvalue weighted by Crippen LogP contribution is 2.43. The largest absolute Gasteiger partial charge is 0.486 e. The molecule has 31 heavy (non-hydrogen) atoms. The fourth-order valence-corrected chi connectivity index (χ4v) is 4.56. The topological polar surface area (TPSA) is 76.7 Å². The molecule has 0 aromatic heterocycles. The summed E-state index contributed by atoms with van der Waals surface area (Å²) in [4.78, 5) is 24.9. The summed E-state index contributed by atoms with van der Waals surface area (Å²) >= 11 is 0. The molecule has 2 aliphatic rings. The minimum Gasteiger partial charge on any atom is -0.486 e. The summed E-state index contributed by atoms with van der Waals surface area (Å²) in [6.45, 7) is 3.58. The van der Waals surface area contributed by atoms with Gasteiger partial charge < -0.3 is 20.1 Å². The van der Waals surface area contributed by atoms with Gasteiger partial charge >= 0.3 is 0 Å². The first-order valence-corrected chi connectivity index (χ1v) is 11.1. The predicted octanol–water partition coefficient (Wildman–Crippen LogP) is 3.59. The van der Waals surface area contributed by atoms with Crippen LogP contribution in [0.3, 0.4) is 0 Å². The Bertz CT molecular complexity index is 922. The Morgan fingerprint density at radius 1 is 1.00 bits per heavy atom. The van der Waals surface area contributed by atoms with Crippen LogP contribution in [0.5, 0.6) is 11.5 Å². The summed E-state index contributed by atoms with van der Waals surface area (Å²) in [6.07, 6.45) is 4.61. The van der Waals surface area contributed by atoms with Crippen LogP contribution in [0.2, 0.25) is 0 Å². The quantitative estimate of drug-likeness (QED) is 0.715. The number of carbonyl (C=O) groups excluding carboxylic acids is 2. The number of nitrogens with one attached hydrogen (secondary N) is 2. The van der Waals surface area contributed by atoms with Gasteiger partial charge in [0, 0.05) is 30.0 Å². The van der Waals surface area contributed by atoms with Gasteiger partial charge in [-0.05, 0) is 49.6 Å². The molecule has 4 rings (SSSR count). The number of hydrogen-bond donors (Lipinski definition) is 2. The molecule has 0 saturated heterocycles. The van der Waals surface area contributed by atoms with Crippen LogP contribution in [0.4, 0.5) is 0 Å². The number of amides is 2. The summed E-state index contributed by atoms with van der Waals surface area (Å²) in [5, 5.41) is 6.03. The van der Waals surface area contributed by atoms with Gasteiger partial charge in [0.1, 0.15) is 13.2 Å². The lowest BCUT2D eigenvalue weighted by Gasteiger charge is -2.31. The molecular weight excluding hydrogens is 392 g/mol. The first-order chi connectivity index (χ1) is 15.1. The molecule has 2 aromatic rings. The van der Waals surface area contributed by atoms with Crippen LogP contribution in [0.25, 0.3) is 0 Å². The van der Waals surface area contributed by atoms with Crippen LogP contribution in [0.1, 0.15) is 54.9 Å². The molecule has 1 unspecified atom stereocenters. The fourth-order valence-electron chi connectivity index (χ4n) is 4.56. The molecule has 1 saturated carbocycles. The van der Waals surface area contributed by atoms with Gasteiger partial charge in [0.25, 0.3) is 5.91 Å². The van der Waals surface area contributed by atoms with Gasteiger partial charge in [-0.25, -0.2) is 0 Å². The van der Waals surface area contributed by atoms with Gasteiger partial charge in [-0.3, -0.25) is 9.59 Å². The lowest BCUT2D eigenvalue weighted by Crippen LogP contribution is -2.42. The molecule has 1 atom stereocenters. The molecule has 6 nitrogen and oxygen atoms in total. The van der Waals surface area contributed by atoms with Crippen molar-refractivity contribution in [2.24, 2.45) is 0 Å². The smallest absolute Gasteiger partial charge is 0.251 e. The van der Waals surface area contributed by atoms with Gasteiger partial charge in [-0.2, -0.15) is 0 Å². The van der Waals surface area contributed by atoms with E-state index < -0.39 is 0 Å². The van der Waals surface area contributed by atoms with E-state index >= 15 is 0 Å². The maximum atomic E-state index is 12.6. The highest BCUT2D eigenvalue weighted by atomic mass is 16.6. The zero-order chi connectivity index (χ0) is 21.7. The van der Waals surface area contributed by atoms with E-state index in [1.165, 1.54) is 5.56 Å². The molecule has 1 aliphatic carbocycles. The van der Waals surface area contributed by atoms with Crippen LogP contribution in [-0.4, -0.2) is 37.6 Å². The minimum atomic E-state index is -0.249. The van der Waals surface area contributed by atoms with Crippen molar-refractivity contribution in [1.82, 2.24) is 10.6 Å². The molecule has 2 amide bonds. The van der Waals surface area contributed by atoms with Crippen molar-refractivity contribution < 1.29 is 19.1 Å². The number of fused-ring (bicyclic) bond motifs is 1. The molecule has 0 bridgehead atoms. The lowest BCUT2D eigenvalue weighted by molar-refractivity contribution is -0.121. The average Bonchev–Trinajstić information content (AvgIpc) is 3.28. The predicted molar refractivity (Wildman–Crippen MR) is 119 cm³/mol. The lowest BCUT2D eigenvalue weighted by atomic mass is 9.78. The SMILES string of the molecule is CC(CC(=O)NCC1(c2ccc3c(c2)OCCO3)CCCC1)NC(=O)c1ccccc1. The van der Waals surface area contributed by atoms with Crippen molar-refractivity contribution in [2.45, 2.75) is 50.5 Å². The maximum absolute atomic E-state index is 12.6. The van der Waals surface area contributed by atoms with E-state index in [9.17, 15) is 9.59 Å². The summed E-state index contributed by atoms with van der Waals surface area (Å²) in [5.41, 5.74) is 1.71. The Morgan fingerprint density at radius 3 is 2.45 bits per heavy atom. The average molecular weight is 423 g/mol. The summed E-state index contributed by atoms with van der Waals surface area (Å²) in [7, 11) is 0. The van der Waals surface area contributed by atoms with E-state index in [4.69, 9.17) is 9.47 Å². The number of rotatable bonds is 7. The normalized spacial score (nSPS) is 17.6. The fraction of sp³-hybridized carbons (Fsp3) is 0.440. The minimum absolute atomic E-state index is 0.0512. The van der Waals surface area contributed by atoms with Crippen molar-refractivity contribution in [3.8, 4) is 11.5 Å². The van der Waals surface area contributed by atoms with E-state index in [-0.39, 0.29) is 29.7 Å². The van der Waals surface area contributed by atoms with Gasteiger partial charge in [0.15, 0.2) is 11.5 Å². The number of carbonyl (C=O) groups is 2. The molecule has 0 spiro atoms. The van der Waals surface area contributed by atoms with Crippen LogP contribution in [0.15, 0.2) is 48.5 Å². The third-order valence-electron chi connectivity index (χ3n) is 6.24. The summed E-state index contributed by atoms with van der Waals surface area (Å²) in [6, 6.07) is 15.0. The molecule has 1 fully saturated rings. The Balaban J connectivity index is 1.35. The van der Waals surface area contributed by atoms with E-state index in [1.54, 1.807) is 12.1 Å². The Hall–Kier alpha value is -3.02.